The fourth-order valence-electron chi connectivity index (χ4n) is 1.94. The van der Waals surface area contributed by atoms with Gasteiger partial charge < -0.3 is 10.1 Å². The second kappa shape index (κ2) is 7.52. The van der Waals surface area contributed by atoms with Crippen LogP contribution < -0.4 is 10.1 Å². The van der Waals surface area contributed by atoms with E-state index in [2.05, 4.69) is 5.32 Å². The zero-order valence-electron chi connectivity index (χ0n) is 12.3. The highest BCUT2D eigenvalue weighted by Gasteiger charge is 2.17. The lowest BCUT2D eigenvalue weighted by atomic mass is 10.1. The maximum atomic E-state index is 12.2. The van der Waals surface area contributed by atoms with Crippen molar-refractivity contribution in [2.45, 2.75) is 26.0 Å². The Labute approximate surface area is 140 Å². The van der Waals surface area contributed by atoms with Gasteiger partial charge in [0.15, 0.2) is 6.10 Å². The fourth-order valence-corrected chi connectivity index (χ4v) is 2.19. The lowest BCUT2D eigenvalue weighted by Gasteiger charge is -2.19. The van der Waals surface area contributed by atoms with E-state index in [0.29, 0.717) is 15.8 Å². The largest absolute Gasteiger partial charge is 0.481 e. The third kappa shape index (κ3) is 4.65. The molecule has 0 aliphatic carbocycles. The Hall–Kier alpha value is -1.71. The van der Waals surface area contributed by atoms with Gasteiger partial charge in [-0.1, -0.05) is 35.3 Å². The van der Waals surface area contributed by atoms with Crippen molar-refractivity contribution >= 4 is 29.1 Å². The highest BCUT2D eigenvalue weighted by atomic mass is 35.5. The molecule has 2 rings (SSSR count). The Kier molecular flexibility index (Phi) is 5.69. The molecule has 5 heteroatoms. The second-order valence-corrected chi connectivity index (χ2v) is 5.87. The molecule has 2 atom stereocenters. The lowest BCUT2D eigenvalue weighted by Crippen LogP contribution is -2.37. The molecule has 1 amide bonds. The summed E-state index contributed by atoms with van der Waals surface area (Å²) < 4.78 is 5.60. The number of nitrogens with one attached hydrogen (secondary N) is 1. The molecule has 116 valence electrons. The molecule has 0 aliphatic heterocycles. The van der Waals surface area contributed by atoms with Crippen molar-refractivity contribution in [3.8, 4) is 5.75 Å². The van der Waals surface area contributed by atoms with Crippen LogP contribution in [0.4, 0.5) is 0 Å². The van der Waals surface area contributed by atoms with Crippen molar-refractivity contribution in [3.63, 3.8) is 0 Å². The quantitative estimate of drug-likeness (QED) is 0.863. The van der Waals surface area contributed by atoms with E-state index in [4.69, 9.17) is 27.9 Å². The number of hydrogen-bond acceptors (Lipinski definition) is 2. The molecule has 0 bridgehead atoms. The summed E-state index contributed by atoms with van der Waals surface area (Å²) in [5, 5.41) is 4.21. The summed E-state index contributed by atoms with van der Waals surface area (Å²) >= 11 is 11.7. The molecule has 0 fully saturated rings. The van der Waals surface area contributed by atoms with E-state index in [1.807, 2.05) is 19.1 Å². The van der Waals surface area contributed by atoms with Gasteiger partial charge in [-0.25, -0.2) is 0 Å². The van der Waals surface area contributed by atoms with Crippen LogP contribution in [-0.4, -0.2) is 12.0 Å². The van der Waals surface area contributed by atoms with Crippen LogP contribution in [0.3, 0.4) is 0 Å². The summed E-state index contributed by atoms with van der Waals surface area (Å²) in [4.78, 5) is 12.2. The Bertz CT molecular complexity index is 626. The molecule has 22 heavy (non-hydrogen) atoms. The number of benzene rings is 2. The standard InChI is InChI=1S/C17H17Cl2NO2/c1-11(13-3-5-14(18)6-4-13)20-17(21)12(2)22-16-9-7-15(19)8-10-16/h3-12H,1-2H3,(H,20,21)/t11-,12-/m0/s1. The zero-order valence-corrected chi connectivity index (χ0v) is 13.9. The normalized spacial score (nSPS) is 13.3. The predicted octanol–water partition coefficient (Wildman–Crippen LogP) is 4.64. The van der Waals surface area contributed by atoms with Gasteiger partial charge >= 0.3 is 0 Å². The third-order valence-corrected chi connectivity index (χ3v) is 3.73. The van der Waals surface area contributed by atoms with Crippen molar-refractivity contribution in [3.05, 3.63) is 64.1 Å². The molecule has 1 N–H and O–H groups in total. The van der Waals surface area contributed by atoms with Gasteiger partial charge in [0.05, 0.1) is 6.04 Å². The number of ether oxygens (including phenoxy) is 1. The summed E-state index contributed by atoms with van der Waals surface area (Å²) in [7, 11) is 0. The van der Waals surface area contributed by atoms with Crippen LogP contribution in [0.25, 0.3) is 0 Å². The van der Waals surface area contributed by atoms with E-state index in [-0.39, 0.29) is 11.9 Å². The van der Waals surface area contributed by atoms with Crippen LogP contribution in [0, 0.1) is 0 Å². The molecule has 0 radical (unpaired) electrons. The molecular weight excluding hydrogens is 321 g/mol. The number of hydrogen-bond donors (Lipinski definition) is 1. The van der Waals surface area contributed by atoms with Gasteiger partial charge in [-0.2, -0.15) is 0 Å². The molecule has 2 aromatic rings. The highest BCUT2D eigenvalue weighted by Crippen LogP contribution is 2.18. The summed E-state index contributed by atoms with van der Waals surface area (Å²) in [6.45, 7) is 3.62. The molecule has 0 heterocycles. The summed E-state index contributed by atoms with van der Waals surface area (Å²) in [5.74, 6) is 0.420. The van der Waals surface area contributed by atoms with E-state index in [1.165, 1.54) is 0 Å². The lowest BCUT2D eigenvalue weighted by molar-refractivity contribution is -0.127. The van der Waals surface area contributed by atoms with E-state index in [0.717, 1.165) is 5.56 Å². The first-order valence-electron chi connectivity index (χ1n) is 6.94. The van der Waals surface area contributed by atoms with Crippen LogP contribution in [0.5, 0.6) is 5.75 Å². The van der Waals surface area contributed by atoms with Crippen molar-refractivity contribution in [2.24, 2.45) is 0 Å². The third-order valence-electron chi connectivity index (χ3n) is 3.22. The van der Waals surface area contributed by atoms with Crippen LogP contribution in [-0.2, 0) is 4.79 Å². The van der Waals surface area contributed by atoms with Crippen LogP contribution in [0.2, 0.25) is 10.0 Å². The molecule has 0 aromatic heterocycles. The number of carbonyl (C=O) groups excluding carboxylic acids is 1. The van der Waals surface area contributed by atoms with Crippen molar-refractivity contribution in [1.29, 1.82) is 0 Å². The summed E-state index contributed by atoms with van der Waals surface area (Å²) in [6, 6.07) is 14.1. The number of carbonyl (C=O) groups is 1. The van der Waals surface area contributed by atoms with E-state index < -0.39 is 6.10 Å². The average Bonchev–Trinajstić information content (AvgIpc) is 2.50. The fraction of sp³-hybridized carbons (Fsp3) is 0.235. The van der Waals surface area contributed by atoms with Crippen molar-refractivity contribution in [2.75, 3.05) is 0 Å². The summed E-state index contributed by atoms with van der Waals surface area (Å²) in [6.07, 6.45) is -0.601. The maximum Gasteiger partial charge on any atom is 0.261 e. The molecule has 2 aromatic carbocycles. The minimum absolute atomic E-state index is 0.124. The van der Waals surface area contributed by atoms with Gasteiger partial charge in [-0.3, -0.25) is 4.79 Å². The zero-order chi connectivity index (χ0) is 16.1. The molecule has 0 aliphatic rings. The van der Waals surface area contributed by atoms with Gasteiger partial charge in [-0.05, 0) is 55.8 Å². The SMILES string of the molecule is C[C@H](Oc1ccc(Cl)cc1)C(=O)N[C@@H](C)c1ccc(Cl)cc1. The Morgan fingerprint density at radius 2 is 1.45 bits per heavy atom. The van der Waals surface area contributed by atoms with E-state index in [1.54, 1.807) is 43.3 Å². The van der Waals surface area contributed by atoms with Crippen molar-refractivity contribution < 1.29 is 9.53 Å². The summed E-state index contributed by atoms with van der Waals surface area (Å²) in [5.41, 5.74) is 0.983. The second-order valence-electron chi connectivity index (χ2n) is 5.00. The topological polar surface area (TPSA) is 38.3 Å². The Balaban J connectivity index is 1.93. The smallest absolute Gasteiger partial charge is 0.261 e. The first-order chi connectivity index (χ1) is 10.5. The first-order valence-corrected chi connectivity index (χ1v) is 7.69. The minimum Gasteiger partial charge on any atom is -0.481 e. The number of halogens is 2. The number of amides is 1. The van der Waals surface area contributed by atoms with Gasteiger partial charge in [0.1, 0.15) is 5.75 Å². The minimum atomic E-state index is -0.601. The predicted molar refractivity (Wildman–Crippen MR) is 89.6 cm³/mol. The molecule has 0 saturated heterocycles. The Morgan fingerprint density at radius 1 is 0.955 bits per heavy atom. The molecule has 0 spiro atoms. The van der Waals surface area contributed by atoms with Crippen LogP contribution in [0.15, 0.2) is 48.5 Å². The maximum absolute atomic E-state index is 12.2. The number of rotatable bonds is 5. The molecule has 0 unspecified atom stereocenters. The van der Waals surface area contributed by atoms with Crippen LogP contribution >= 0.6 is 23.2 Å². The van der Waals surface area contributed by atoms with Crippen LogP contribution in [0.1, 0.15) is 25.5 Å². The van der Waals surface area contributed by atoms with Gasteiger partial charge in [0.25, 0.3) is 5.91 Å². The van der Waals surface area contributed by atoms with Gasteiger partial charge in [0.2, 0.25) is 0 Å². The monoisotopic (exact) mass is 337 g/mol. The van der Waals surface area contributed by atoms with Gasteiger partial charge in [0, 0.05) is 10.0 Å². The average molecular weight is 338 g/mol. The Morgan fingerprint density at radius 3 is 2.00 bits per heavy atom. The van der Waals surface area contributed by atoms with Gasteiger partial charge in [-0.15, -0.1) is 0 Å². The van der Waals surface area contributed by atoms with E-state index in [9.17, 15) is 4.79 Å². The van der Waals surface area contributed by atoms with Crippen molar-refractivity contribution in [1.82, 2.24) is 5.32 Å². The first kappa shape index (κ1) is 16.7. The highest BCUT2D eigenvalue weighted by molar-refractivity contribution is 6.30. The van der Waals surface area contributed by atoms with E-state index >= 15 is 0 Å². The molecule has 3 nitrogen and oxygen atoms in total. The molecular formula is C17H17Cl2NO2. The molecule has 0 saturated carbocycles.